The van der Waals surface area contributed by atoms with Gasteiger partial charge in [-0.3, -0.25) is 0 Å². The van der Waals surface area contributed by atoms with E-state index in [1.54, 1.807) is 19.2 Å². The molecule has 9 heteroatoms. The van der Waals surface area contributed by atoms with Gasteiger partial charge in [0.2, 0.25) is 17.5 Å². The summed E-state index contributed by atoms with van der Waals surface area (Å²) in [6.45, 7) is 0. The maximum Gasteiger partial charge on any atom is 0.249 e. The van der Waals surface area contributed by atoms with Gasteiger partial charge in [-0.05, 0) is 59.7 Å². The predicted octanol–water partition coefficient (Wildman–Crippen LogP) is 6.15. The summed E-state index contributed by atoms with van der Waals surface area (Å²) < 4.78 is 41.2. The molecule has 0 N–H and O–H groups in total. The molecular formula is C26H22ClFN2O5. The summed E-state index contributed by atoms with van der Waals surface area (Å²) in [6.07, 6.45) is 1.88. The van der Waals surface area contributed by atoms with E-state index in [-0.39, 0.29) is 16.8 Å². The topological polar surface area (TPSA) is 75.8 Å². The van der Waals surface area contributed by atoms with Gasteiger partial charge in [-0.25, -0.2) is 4.39 Å². The Morgan fingerprint density at radius 3 is 2.11 bits per heavy atom. The van der Waals surface area contributed by atoms with Crippen molar-refractivity contribution in [2.24, 2.45) is 0 Å². The average molecular weight is 497 g/mol. The van der Waals surface area contributed by atoms with Gasteiger partial charge in [0.15, 0.2) is 11.5 Å². The molecule has 0 spiro atoms. The van der Waals surface area contributed by atoms with Gasteiger partial charge in [0.1, 0.15) is 11.6 Å². The molecule has 4 aromatic rings. The van der Waals surface area contributed by atoms with Crippen LogP contribution in [0.2, 0.25) is 5.02 Å². The molecule has 180 valence electrons. The summed E-state index contributed by atoms with van der Waals surface area (Å²) in [7, 11) is 6.21. The van der Waals surface area contributed by atoms with Crippen LogP contribution in [0.3, 0.4) is 0 Å². The average Bonchev–Trinajstić information content (AvgIpc) is 3.36. The minimum atomic E-state index is -0.462. The fourth-order valence-electron chi connectivity index (χ4n) is 3.48. The van der Waals surface area contributed by atoms with Gasteiger partial charge in [0.25, 0.3) is 0 Å². The van der Waals surface area contributed by atoms with Crippen molar-refractivity contribution in [3.8, 4) is 34.5 Å². The number of rotatable bonds is 8. The van der Waals surface area contributed by atoms with Gasteiger partial charge in [-0.15, -0.1) is 10.2 Å². The lowest BCUT2D eigenvalue weighted by molar-refractivity contribution is 0.324. The van der Waals surface area contributed by atoms with E-state index >= 15 is 0 Å². The van der Waals surface area contributed by atoms with E-state index < -0.39 is 5.82 Å². The highest BCUT2D eigenvalue weighted by atomic mass is 35.5. The van der Waals surface area contributed by atoms with Crippen LogP contribution in [-0.2, 0) is 0 Å². The zero-order valence-corrected chi connectivity index (χ0v) is 20.2. The van der Waals surface area contributed by atoms with Crippen molar-refractivity contribution in [3.63, 3.8) is 0 Å². The fourth-order valence-corrected chi connectivity index (χ4v) is 3.72. The lowest BCUT2D eigenvalue weighted by Gasteiger charge is -2.15. The minimum Gasteiger partial charge on any atom is -0.497 e. The third-order valence-electron chi connectivity index (χ3n) is 5.22. The fraction of sp³-hybridized carbons (Fsp3) is 0.154. The van der Waals surface area contributed by atoms with Gasteiger partial charge < -0.3 is 23.4 Å². The van der Waals surface area contributed by atoms with Gasteiger partial charge >= 0.3 is 0 Å². The number of aromatic nitrogens is 2. The molecule has 0 saturated heterocycles. The molecule has 0 amide bonds. The summed E-state index contributed by atoms with van der Waals surface area (Å²) in [5.74, 6) is 2.00. The number of halogens is 2. The molecule has 1 aromatic heterocycles. The lowest BCUT2D eigenvalue weighted by atomic mass is 10.0. The number of hydrogen-bond acceptors (Lipinski definition) is 7. The monoisotopic (exact) mass is 496 g/mol. The molecule has 0 atom stereocenters. The van der Waals surface area contributed by atoms with Crippen molar-refractivity contribution in [1.29, 1.82) is 0 Å². The van der Waals surface area contributed by atoms with Crippen molar-refractivity contribution >= 4 is 23.3 Å². The van der Waals surface area contributed by atoms with Crippen molar-refractivity contribution < 1.29 is 27.8 Å². The second-order valence-corrected chi connectivity index (χ2v) is 7.69. The SMILES string of the molecule is COc1ccc(/C=C(\c2cc(OC)c(OC)c(OC)c2)c2nnc(-c3ccc(F)cc3Cl)o2)cc1. The van der Waals surface area contributed by atoms with Crippen LogP contribution in [0.1, 0.15) is 17.0 Å². The van der Waals surface area contributed by atoms with Crippen LogP contribution in [0.25, 0.3) is 23.1 Å². The van der Waals surface area contributed by atoms with Gasteiger partial charge in [-0.1, -0.05) is 23.7 Å². The van der Waals surface area contributed by atoms with Crippen molar-refractivity contribution in [2.45, 2.75) is 0 Å². The third kappa shape index (κ3) is 5.07. The Morgan fingerprint density at radius 2 is 1.54 bits per heavy atom. The molecule has 1 heterocycles. The molecule has 4 rings (SSSR count). The standard InChI is InChI=1S/C26H22ClFN2O5/c1-31-18-8-5-15(6-9-18)11-20(16-12-22(32-2)24(34-4)23(13-16)33-3)26-30-29-25(35-26)19-10-7-17(28)14-21(19)27/h5-14H,1-4H3/b20-11+. The Balaban J connectivity index is 1.88. The first-order valence-electron chi connectivity index (χ1n) is 10.4. The maximum atomic E-state index is 13.5. The van der Waals surface area contributed by atoms with Crippen LogP contribution in [0.4, 0.5) is 4.39 Å². The molecule has 0 radical (unpaired) electrons. The molecule has 0 saturated carbocycles. The van der Waals surface area contributed by atoms with Gasteiger partial charge in [-0.2, -0.15) is 0 Å². The molecule has 0 fully saturated rings. The van der Waals surface area contributed by atoms with Crippen LogP contribution in [0, 0.1) is 5.82 Å². The van der Waals surface area contributed by atoms with Crippen molar-refractivity contribution in [3.05, 3.63) is 82.5 Å². The Labute approximate surface area is 206 Å². The Bertz CT molecular complexity index is 1340. The number of benzene rings is 3. The van der Waals surface area contributed by atoms with Gasteiger partial charge in [0.05, 0.1) is 39.0 Å². The zero-order chi connectivity index (χ0) is 24.9. The van der Waals surface area contributed by atoms with E-state index in [0.717, 1.165) is 11.3 Å². The summed E-state index contributed by atoms with van der Waals surface area (Å²) in [4.78, 5) is 0. The lowest BCUT2D eigenvalue weighted by Crippen LogP contribution is -1.98. The van der Waals surface area contributed by atoms with E-state index in [1.165, 1.54) is 39.5 Å². The molecule has 35 heavy (non-hydrogen) atoms. The van der Waals surface area contributed by atoms with Crippen LogP contribution in [0.5, 0.6) is 23.0 Å². The number of nitrogens with zero attached hydrogens (tertiary/aromatic N) is 2. The van der Waals surface area contributed by atoms with Crippen LogP contribution < -0.4 is 18.9 Å². The number of hydrogen-bond donors (Lipinski definition) is 0. The van der Waals surface area contributed by atoms with E-state index in [0.29, 0.717) is 33.9 Å². The second-order valence-electron chi connectivity index (χ2n) is 7.28. The highest BCUT2D eigenvalue weighted by molar-refractivity contribution is 6.33. The summed E-state index contributed by atoms with van der Waals surface area (Å²) in [5.41, 5.74) is 2.54. The van der Waals surface area contributed by atoms with Crippen molar-refractivity contribution in [2.75, 3.05) is 28.4 Å². The molecular weight excluding hydrogens is 475 g/mol. The molecule has 0 aliphatic carbocycles. The Morgan fingerprint density at radius 1 is 0.857 bits per heavy atom. The number of methoxy groups -OCH3 is 4. The highest BCUT2D eigenvalue weighted by Gasteiger charge is 2.21. The number of ether oxygens (including phenoxy) is 4. The molecule has 3 aromatic carbocycles. The van der Waals surface area contributed by atoms with E-state index in [1.807, 2.05) is 30.3 Å². The predicted molar refractivity (Wildman–Crippen MR) is 131 cm³/mol. The summed E-state index contributed by atoms with van der Waals surface area (Å²) in [6, 6.07) is 15.0. The van der Waals surface area contributed by atoms with E-state index in [4.69, 9.17) is 35.0 Å². The summed E-state index contributed by atoms with van der Waals surface area (Å²) >= 11 is 6.20. The summed E-state index contributed by atoms with van der Waals surface area (Å²) in [5, 5.41) is 8.54. The minimum absolute atomic E-state index is 0.151. The smallest absolute Gasteiger partial charge is 0.249 e. The zero-order valence-electron chi connectivity index (χ0n) is 19.5. The van der Waals surface area contributed by atoms with Gasteiger partial charge in [0, 0.05) is 5.57 Å². The first-order valence-corrected chi connectivity index (χ1v) is 10.8. The molecule has 7 nitrogen and oxygen atoms in total. The Kier molecular flexibility index (Phi) is 7.22. The first kappa shape index (κ1) is 24.1. The molecule has 0 aliphatic rings. The Hall–Kier alpha value is -4.04. The van der Waals surface area contributed by atoms with E-state index in [2.05, 4.69) is 10.2 Å². The van der Waals surface area contributed by atoms with Crippen molar-refractivity contribution in [1.82, 2.24) is 10.2 Å². The second kappa shape index (κ2) is 10.5. The third-order valence-corrected chi connectivity index (χ3v) is 5.53. The normalized spacial score (nSPS) is 11.3. The molecule has 0 bridgehead atoms. The first-order chi connectivity index (χ1) is 17.0. The quantitative estimate of drug-likeness (QED) is 0.271. The molecule has 0 unspecified atom stereocenters. The van der Waals surface area contributed by atoms with Crippen LogP contribution >= 0.6 is 11.6 Å². The highest BCUT2D eigenvalue weighted by Crippen LogP contribution is 2.42. The van der Waals surface area contributed by atoms with Crippen LogP contribution in [-0.4, -0.2) is 38.6 Å². The maximum absolute atomic E-state index is 13.5. The van der Waals surface area contributed by atoms with E-state index in [9.17, 15) is 4.39 Å². The molecule has 0 aliphatic heterocycles. The largest absolute Gasteiger partial charge is 0.497 e. The van der Waals surface area contributed by atoms with Crippen LogP contribution in [0.15, 0.2) is 59.0 Å².